The lowest BCUT2D eigenvalue weighted by molar-refractivity contribution is -0.119. The summed E-state index contributed by atoms with van der Waals surface area (Å²) in [6.07, 6.45) is 1.71. The van der Waals surface area contributed by atoms with Crippen LogP contribution in [0.15, 0.2) is 36.7 Å². The van der Waals surface area contributed by atoms with E-state index in [4.69, 9.17) is 0 Å². The average Bonchev–Trinajstić information content (AvgIpc) is 2.45. The number of hydrogen-bond acceptors (Lipinski definition) is 4. The Kier molecular flexibility index (Phi) is 4.65. The van der Waals surface area contributed by atoms with Gasteiger partial charge in [0.25, 0.3) is 0 Å². The van der Waals surface area contributed by atoms with Crippen molar-refractivity contribution in [1.82, 2.24) is 10.3 Å². The van der Waals surface area contributed by atoms with Crippen molar-refractivity contribution in [1.29, 1.82) is 0 Å². The first-order valence-electron chi connectivity index (χ1n) is 6.53. The molecule has 0 aliphatic rings. The van der Waals surface area contributed by atoms with E-state index in [2.05, 4.69) is 10.3 Å². The lowest BCUT2D eigenvalue weighted by Gasteiger charge is -2.19. The number of aromatic nitrogens is 1. The molecule has 20 heavy (non-hydrogen) atoms. The number of benzene rings is 1. The maximum atomic E-state index is 10.8. The number of fused-ring (bicyclic) bond motifs is 1. The molecule has 0 aliphatic heterocycles. The molecule has 1 heterocycles. The molecule has 0 saturated carbocycles. The highest BCUT2D eigenvalue weighted by Crippen LogP contribution is 2.26. The number of nitrogens with zero attached hydrogens (tertiary/aromatic N) is 1. The van der Waals surface area contributed by atoms with Crippen LogP contribution >= 0.6 is 0 Å². The van der Waals surface area contributed by atoms with Crippen molar-refractivity contribution in [2.24, 2.45) is 0 Å². The van der Waals surface area contributed by atoms with Crippen LogP contribution in [0.25, 0.3) is 10.8 Å². The van der Waals surface area contributed by atoms with Gasteiger partial charge in [0, 0.05) is 31.2 Å². The normalized spacial score (nSPS) is 13.9. The molecule has 1 aromatic heterocycles. The summed E-state index contributed by atoms with van der Waals surface area (Å²) >= 11 is 0. The first kappa shape index (κ1) is 14.4. The maximum Gasteiger partial charge on any atom is 0.216 e. The molecule has 0 radical (unpaired) electrons. The fourth-order valence-corrected chi connectivity index (χ4v) is 2.16. The van der Waals surface area contributed by atoms with Gasteiger partial charge in [0.15, 0.2) is 0 Å². The highest BCUT2D eigenvalue weighted by Gasteiger charge is 2.20. The topological polar surface area (TPSA) is 82.5 Å². The van der Waals surface area contributed by atoms with Gasteiger partial charge in [0.05, 0.1) is 6.10 Å². The van der Waals surface area contributed by atoms with Crippen molar-refractivity contribution < 1.29 is 15.0 Å². The zero-order valence-electron chi connectivity index (χ0n) is 11.3. The SMILES string of the molecule is CC(=O)NCCC(O)C(O)c1cccc2ccncc12. The number of hydrogen-bond donors (Lipinski definition) is 3. The van der Waals surface area contributed by atoms with Crippen molar-refractivity contribution >= 4 is 16.7 Å². The molecule has 2 rings (SSSR count). The van der Waals surface area contributed by atoms with E-state index >= 15 is 0 Å². The molecule has 5 heteroatoms. The van der Waals surface area contributed by atoms with E-state index in [1.807, 2.05) is 18.2 Å². The van der Waals surface area contributed by atoms with Crippen LogP contribution in [0.1, 0.15) is 25.0 Å². The molecular formula is C15H18N2O3. The van der Waals surface area contributed by atoms with Gasteiger partial charge >= 0.3 is 0 Å². The summed E-state index contributed by atoms with van der Waals surface area (Å²) in [5.74, 6) is -0.152. The standard InChI is InChI=1S/C15H18N2O3/c1-10(18)17-8-6-14(19)15(20)12-4-2-3-11-5-7-16-9-13(11)12/h2-5,7,9,14-15,19-20H,6,8H2,1H3,(H,17,18). The minimum Gasteiger partial charge on any atom is -0.390 e. The van der Waals surface area contributed by atoms with Gasteiger partial charge in [-0.1, -0.05) is 18.2 Å². The summed E-state index contributed by atoms with van der Waals surface area (Å²) in [5, 5.41) is 24.7. The Morgan fingerprint density at radius 2 is 2.15 bits per heavy atom. The van der Waals surface area contributed by atoms with Gasteiger partial charge in [-0.05, 0) is 23.4 Å². The molecule has 0 saturated heterocycles. The fraction of sp³-hybridized carbons (Fsp3) is 0.333. The summed E-state index contributed by atoms with van der Waals surface area (Å²) in [5.41, 5.74) is 0.644. The van der Waals surface area contributed by atoms with Crippen molar-refractivity contribution in [3.05, 3.63) is 42.2 Å². The van der Waals surface area contributed by atoms with Gasteiger partial charge in [0.1, 0.15) is 6.10 Å². The highest BCUT2D eigenvalue weighted by atomic mass is 16.3. The number of carbonyl (C=O) groups is 1. The van der Waals surface area contributed by atoms with Gasteiger partial charge < -0.3 is 15.5 Å². The number of pyridine rings is 1. The van der Waals surface area contributed by atoms with Gasteiger partial charge in [-0.3, -0.25) is 9.78 Å². The van der Waals surface area contributed by atoms with E-state index in [9.17, 15) is 15.0 Å². The number of rotatable bonds is 5. The lowest BCUT2D eigenvalue weighted by atomic mass is 9.97. The summed E-state index contributed by atoms with van der Waals surface area (Å²) in [6.45, 7) is 1.75. The molecule has 1 aromatic carbocycles. The Balaban J connectivity index is 2.14. The second kappa shape index (κ2) is 6.45. The number of amides is 1. The summed E-state index contributed by atoms with van der Waals surface area (Å²) in [6, 6.07) is 7.39. The molecule has 1 amide bonds. The van der Waals surface area contributed by atoms with Crippen molar-refractivity contribution in [2.75, 3.05) is 6.54 Å². The smallest absolute Gasteiger partial charge is 0.216 e. The number of aliphatic hydroxyl groups excluding tert-OH is 2. The van der Waals surface area contributed by atoms with Crippen LogP contribution in [-0.2, 0) is 4.79 Å². The zero-order valence-corrected chi connectivity index (χ0v) is 11.3. The number of nitrogens with one attached hydrogen (secondary N) is 1. The third-order valence-electron chi connectivity index (χ3n) is 3.21. The second-order valence-electron chi connectivity index (χ2n) is 4.73. The Morgan fingerprint density at radius 3 is 2.90 bits per heavy atom. The largest absolute Gasteiger partial charge is 0.390 e. The molecule has 2 unspecified atom stereocenters. The molecule has 0 fully saturated rings. The Bertz CT molecular complexity index is 595. The van der Waals surface area contributed by atoms with Crippen LogP contribution in [0.5, 0.6) is 0 Å². The van der Waals surface area contributed by atoms with E-state index < -0.39 is 12.2 Å². The van der Waals surface area contributed by atoms with E-state index in [0.717, 1.165) is 10.8 Å². The molecule has 106 valence electrons. The number of carbonyl (C=O) groups excluding carboxylic acids is 1. The van der Waals surface area contributed by atoms with Crippen molar-refractivity contribution in [3.63, 3.8) is 0 Å². The Hall–Kier alpha value is -1.98. The van der Waals surface area contributed by atoms with Crippen LogP contribution in [0, 0.1) is 0 Å². The Labute approximate surface area is 117 Å². The molecule has 0 bridgehead atoms. The van der Waals surface area contributed by atoms with Crippen molar-refractivity contribution in [3.8, 4) is 0 Å². The van der Waals surface area contributed by atoms with Gasteiger partial charge in [-0.2, -0.15) is 0 Å². The van der Waals surface area contributed by atoms with E-state index in [-0.39, 0.29) is 12.3 Å². The van der Waals surface area contributed by atoms with E-state index in [1.165, 1.54) is 6.92 Å². The molecule has 2 aromatic rings. The molecule has 3 N–H and O–H groups in total. The minimum absolute atomic E-state index is 0.152. The molecule has 2 atom stereocenters. The quantitative estimate of drug-likeness (QED) is 0.764. The predicted molar refractivity (Wildman–Crippen MR) is 76.0 cm³/mol. The second-order valence-corrected chi connectivity index (χ2v) is 4.73. The van der Waals surface area contributed by atoms with E-state index in [0.29, 0.717) is 12.1 Å². The first-order valence-corrected chi connectivity index (χ1v) is 6.53. The van der Waals surface area contributed by atoms with Gasteiger partial charge in [-0.15, -0.1) is 0 Å². The maximum absolute atomic E-state index is 10.8. The molecule has 0 aliphatic carbocycles. The van der Waals surface area contributed by atoms with E-state index in [1.54, 1.807) is 18.5 Å². The number of aliphatic hydroxyl groups is 2. The molecule has 0 spiro atoms. The monoisotopic (exact) mass is 274 g/mol. The lowest BCUT2D eigenvalue weighted by Crippen LogP contribution is -2.27. The third kappa shape index (κ3) is 3.31. The average molecular weight is 274 g/mol. The third-order valence-corrected chi connectivity index (χ3v) is 3.21. The van der Waals surface area contributed by atoms with Crippen LogP contribution < -0.4 is 5.32 Å². The Morgan fingerprint density at radius 1 is 1.35 bits per heavy atom. The molecule has 5 nitrogen and oxygen atoms in total. The molecular weight excluding hydrogens is 256 g/mol. The van der Waals surface area contributed by atoms with Gasteiger partial charge in [0.2, 0.25) is 5.91 Å². The zero-order chi connectivity index (χ0) is 14.5. The highest BCUT2D eigenvalue weighted by molar-refractivity contribution is 5.85. The summed E-state index contributed by atoms with van der Waals surface area (Å²) in [4.78, 5) is 14.8. The van der Waals surface area contributed by atoms with Crippen LogP contribution in [0.2, 0.25) is 0 Å². The first-order chi connectivity index (χ1) is 9.59. The van der Waals surface area contributed by atoms with Crippen LogP contribution in [0.4, 0.5) is 0 Å². The van der Waals surface area contributed by atoms with Crippen molar-refractivity contribution in [2.45, 2.75) is 25.6 Å². The van der Waals surface area contributed by atoms with Crippen LogP contribution in [0.3, 0.4) is 0 Å². The minimum atomic E-state index is -1.00. The summed E-state index contributed by atoms with van der Waals surface area (Å²) in [7, 11) is 0. The summed E-state index contributed by atoms with van der Waals surface area (Å²) < 4.78 is 0. The fourth-order valence-electron chi connectivity index (χ4n) is 2.16. The van der Waals surface area contributed by atoms with Crippen LogP contribution in [-0.4, -0.2) is 33.8 Å². The van der Waals surface area contributed by atoms with Gasteiger partial charge in [-0.25, -0.2) is 0 Å². The predicted octanol–water partition coefficient (Wildman–Crippen LogP) is 1.16.